The maximum atomic E-state index is 13.8. The summed E-state index contributed by atoms with van der Waals surface area (Å²) >= 11 is 0. The summed E-state index contributed by atoms with van der Waals surface area (Å²) in [5.41, 5.74) is 1.70. The highest BCUT2D eigenvalue weighted by atomic mass is 19.2. The predicted molar refractivity (Wildman–Crippen MR) is 123 cm³/mol. The normalized spacial score (nSPS) is 10.6. The van der Waals surface area contributed by atoms with Crippen molar-refractivity contribution < 1.29 is 32.6 Å². The van der Waals surface area contributed by atoms with Crippen molar-refractivity contribution in [2.24, 2.45) is 0 Å². The Morgan fingerprint density at radius 3 is 2.09 bits per heavy atom. The van der Waals surface area contributed by atoms with Gasteiger partial charge in [-0.2, -0.15) is 0 Å². The second-order valence-corrected chi connectivity index (χ2v) is 7.58. The lowest BCUT2D eigenvalue weighted by atomic mass is 10.0. The lowest BCUT2D eigenvalue weighted by Gasteiger charge is -2.14. The summed E-state index contributed by atoms with van der Waals surface area (Å²) in [6.07, 6.45) is 0. The number of hydrogen-bond acceptors (Lipinski definition) is 3. The number of hydrogen-bond donors (Lipinski definition) is 2. The summed E-state index contributed by atoms with van der Waals surface area (Å²) < 4.78 is 46.2. The van der Waals surface area contributed by atoms with Gasteiger partial charge >= 0.3 is 5.97 Å². The van der Waals surface area contributed by atoms with E-state index in [0.29, 0.717) is 22.4 Å². The molecule has 0 saturated heterocycles. The lowest BCUT2D eigenvalue weighted by Crippen LogP contribution is -2.23. The minimum absolute atomic E-state index is 0.101. The van der Waals surface area contributed by atoms with E-state index in [1.807, 2.05) is 0 Å². The quantitative estimate of drug-likeness (QED) is 0.333. The molecule has 35 heavy (non-hydrogen) atoms. The van der Waals surface area contributed by atoms with Crippen LogP contribution >= 0.6 is 0 Å². The minimum atomic E-state index is -1.06. The number of rotatable bonds is 7. The largest absolute Gasteiger partial charge is 0.478 e. The maximum Gasteiger partial charge on any atom is 0.335 e. The third-order valence-electron chi connectivity index (χ3n) is 5.17. The fourth-order valence-electron chi connectivity index (χ4n) is 3.32. The number of nitrogens with one attached hydrogen (secondary N) is 1. The van der Waals surface area contributed by atoms with E-state index in [1.54, 1.807) is 18.2 Å². The molecule has 0 atom stereocenters. The first-order valence-corrected chi connectivity index (χ1v) is 10.4. The number of halogens is 3. The minimum Gasteiger partial charge on any atom is -0.478 e. The summed E-state index contributed by atoms with van der Waals surface area (Å²) in [4.78, 5) is 24.1. The summed E-state index contributed by atoms with van der Waals surface area (Å²) in [7, 11) is 0. The molecule has 2 N–H and O–H groups in total. The van der Waals surface area contributed by atoms with Gasteiger partial charge < -0.3 is 15.2 Å². The van der Waals surface area contributed by atoms with E-state index in [9.17, 15) is 22.8 Å². The van der Waals surface area contributed by atoms with E-state index in [0.717, 1.165) is 12.1 Å². The van der Waals surface area contributed by atoms with Gasteiger partial charge in [-0.25, -0.2) is 18.0 Å². The van der Waals surface area contributed by atoms with Gasteiger partial charge in [0.1, 0.15) is 17.3 Å². The zero-order valence-corrected chi connectivity index (χ0v) is 18.1. The van der Waals surface area contributed by atoms with Crippen LogP contribution in [0.4, 0.5) is 13.2 Å². The Hall–Kier alpha value is -4.59. The van der Waals surface area contributed by atoms with Crippen molar-refractivity contribution in [3.05, 3.63) is 119 Å². The Kier molecular flexibility index (Phi) is 6.82. The molecule has 4 aromatic rings. The van der Waals surface area contributed by atoms with E-state index in [-0.39, 0.29) is 23.4 Å². The Bertz CT molecular complexity index is 1390. The number of benzene rings is 4. The van der Waals surface area contributed by atoms with Crippen molar-refractivity contribution >= 4 is 11.9 Å². The fourth-order valence-corrected chi connectivity index (χ4v) is 3.32. The Labute approximate surface area is 198 Å². The van der Waals surface area contributed by atoms with Crippen molar-refractivity contribution in [3.8, 4) is 22.6 Å². The van der Waals surface area contributed by atoms with Crippen LogP contribution in [0, 0.1) is 17.5 Å². The van der Waals surface area contributed by atoms with Crippen LogP contribution in [0.3, 0.4) is 0 Å². The van der Waals surface area contributed by atoms with Crippen LogP contribution in [0.15, 0.2) is 84.9 Å². The van der Waals surface area contributed by atoms with Gasteiger partial charge in [-0.05, 0) is 77.4 Å². The number of carboxylic acid groups (broad SMARTS) is 1. The molecule has 0 heterocycles. The highest BCUT2D eigenvalue weighted by Gasteiger charge is 2.16. The molecule has 176 valence electrons. The standard InChI is InChI=1S/C27H18F3NO4/c28-20-7-9-21(10-8-20)35-25-12-6-18(19-5-11-23(29)24(30)14-19)13-22(25)26(32)31-15-16-1-3-17(4-2-16)27(33)34/h1-14H,15H2,(H,31,32)(H,33,34). The van der Waals surface area contributed by atoms with E-state index in [4.69, 9.17) is 9.84 Å². The van der Waals surface area contributed by atoms with E-state index < -0.39 is 29.3 Å². The topological polar surface area (TPSA) is 75.6 Å². The van der Waals surface area contributed by atoms with E-state index in [2.05, 4.69) is 5.32 Å². The van der Waals surface area contributed by atoms with E-state index in [1.165, 1.54) is 54.6 Å². The van der Waals surface area contributed by atoms with Crippen molar-refractivity contribution in [2.75, 3.05) is 0 Å². The van der Waals surface area contributed by atoms with Gasteiger partial charge in [0.05, 0.1) is 11.1 Å². The molecule has 0 unspecified atom stereocenters. The number of carboxylic acids is 1. The van der Waals surface area contributed by atoms with Crippen LogP contribution in [-0.4, -0.2) is 17.0 Å². The summed E-state index contributed by atoms with van der Waals surface area (Å²) in [6.45, 7) is 0.101. The Balaban J connectivity index is 1.63. The fraction of sp³-hybridized carbons (Fsp3) is 0.0370. The molecule has 0 aliphatic heterocycles. The second kappa shape index (κ2) is 10.1. The molecule has 0 fully saturated rings. The third kappa shape index (κ3) is 5.67. The number of aromatic carboxylic acids is 1. The highest BCUT2D eigenvalue weighted by molar-refractivity contribution is 5.98. The zero-order valence-electron chi connectivity index (χ0n) is 18.1. The monoisotopic (exact) mass is 477 g/mol. The molecule has 0 saturated carbocycles. The maximum absolute atomic E-state index is 13.8. The van der Waals surface area contributed by atoms with Gasteiger partial charge in [-0.1, -0.05) is 24.3 Å². The smallest absolute Gasteiger partial charge is 0.335 e. The van der Waals surface area contributed by atoms with Crippen molar-refractivity contribution in [1.29, 1.82) is 0 Å². The molecule has 1 amide bonds. The summed E-state index contributed by atoms with van der Waals surface area (Å²) in [5, 5.41) is 11.8. The molecular weight excluding hydrogens is 459 g/mol. The molecule has 0 aliphatic rings. The van der Waals surface area contributed by atoms with Crippen LogP contribution in [-0.2, 0) is 6.54 Å². The number of carbonyl (C=O) groups excluding carboxylic acids is 1. The first-order chi connectivity index (χ1) is 16.8. The Morgan fingerprint density at radius 2 is 1.43 bits per heavy atom. The molecule has 0 bridgehead atoms. The van der Waals surface area contributed by atoms with Gasteiger partial charge in [0.25, 0.3) is 5.91 Å². The van der Waals surface area contributed by atoms with Crippen LogP contribution in [0.1, 0.15) is 26.3 Å². The van der Waals surface area contributed by atoms with Gasteiger partial charge in [0.15, 0.2) is 11.6 Å². The van der Waals surface area contributed by atoms with Crippen molar-refractivity contribution in [2.45, 2.75) is 6.54 Å². The average molecular weight is 477 g/mol. The first kappa shape index (κ1) is 23.6. The van der Waals surface area contributed by atoms with E-state index >= 15 is 0 Å². The number of amides is 1. The van der Waals surface area contributed by atoms with Gasteiger partial charge in [-0.3, -0.25) is 4.79 Å². The first-order valence-electron chi connectivity index (χ1n) is 10.4. The van der Waals surface area contributed by atoms with Crippen LogP contribution in [0.2, 0.25) is 0 Å². The van der Waals surface area contributed by atoms with Crippen LogP contribution in [0.5, 0.6) is 11.5 Å². The SMILES string of the molecule is O=C(O)c1ccc(CNC(=O)c2cc(-c3ccc(F)c(F)c3)ccc2Oc2ccc(F)cc2)cc1. The molecule has 8 heteroatoms. The van der Waals surface area contributed by atoms with Crippen molar-refractivity contribution in [1.82, 2.24) is 5.32 Å². The number of ether oxygens (including phenoxy) is 1. The molecule has 0 aliphatic carbocycles. The molecule has 0 aromatic heterocycles. The van der Waals surface area contributed by atoms with Gasteiger partial charge in [0, 0.05) is 6.54 Å². The Morgan fingerprint density at radius 1 is 0.771 bits per heavy atom. The average Bonchev–Trinajstić information content (AvgIpc) is 2.86. The van der Waals surface area contributed by atoms with Gasteiger partial charge in [0.2, 0.25) is 0 Å². The van der Waals surface area contributed by atoms with Crippen LogP contribution in [0.25, 0.3) is 11.1 Å². The predicted octanol–water partition coefficient (Wildman–Crippen LogP) is 6.19. The molecule has 0 radical (unpaired) electrons. The molecule has 4 aromatic carbocycles. The third-order valence-corrected chi connectivity index (χ3v) is 5.17. The number of carbonyl (C=O) groups is 2. The highest BCUT2D eigenvalue weighted by Crippen LogP contribution is 2.31. The zero-order chi connectivity index (χ0) is 24.9. The van der Waals surface area contributed by atoms with Gasteiger partial charge in [-0.15, -0.1) is 0 Å². The second-order valence-electron chi connectivity index (χ2n) is 7.58. The summed E-state index contributed by atoms with van der Waals surface area (Å²) in [6, 6.07) is 19.2. The van der Waals surface area contributed by atoms with Crippen molar-refractivity contribution in [3.63, 3.8) is 0 Å². The summed E-state index contributed by atoms with van der Waals surface area (Å²) in [5.74, 6) is -3.57. The lowest BCUT2D eigenvalue weighted by molar-refractivity contribution is 0.0696. The molecule has 5 nitrogen and oxygen atoms in total. The molecule has 0 spiro atoms. The molecular formula is C27H18F3NO4. The molecule has 4 rings (SSSR count). The van der Waals surface area contributed by atoms with Crippen LogP contribution < -0.4 is 10.1 Å².